The summed E-state index contributed by atoms with van der Waals surface area (Å²) >= 11 is 0. The highest BCUT2D eigenvalue weighted by molar-refractivity contribution is 5.68. The Morgan fingerprint density at radius 3 is 2.62 bits per heavy atom. The third kappa shape index (κ3) is 4.38. The number of carbonyl (C=O) groups excluding carboxylic acids is 1. The van der Waals surface area contributed by atoms with E-state index in [1.807, 2.05) is 20.8 Å². The van der Waals surface area contributed by atoms with E-state index < -0.39 is 11.0 Å². The Balaban J connectivity index is 2.04. The molecule has 6 nitrogen and oxygen atoms in total. The van der Waals surface area contributed by atoms with Crippen LogP contribution in [0.4, 0.5) is 4.79 Å². The number of ether oxygens (including phenoxy) is 2. The number of methoxy groups -OCH3 is 1. The predicted molar refractivity (Wildman–Crippen MR) is 89.6 cm³/mol. The summed E-state index contributed by atoms with van der Waals surface area (Å²) in [4.78, 5) is 18.0. The second-order valence-corrected chi connectivity index (χ2v) is 7.22. The van der Waals surface area contributed by atoms with Crippen LogP contribution in [0.5, 0.6) is 5.75 Å². The number of amides is 1. The van der Waals surface area contributed by atoms with E-state index in [0.29, 0.717) is 32.4 Å². The summed E-state index contributed by atoms with van der Waals surface area (Å²) in [6.45, 7) is 6.59. The van der Waals surface area contributed by atoms with Gasteiger partial charge in [-0.05, 0) is 46.1 Å². The molecule has 0 unspecified atom stereocenters. The fraction of sp³-hybridized carbons (Fsp3) is 0.611. The molecule has 0 saturated carbocycles. The van der Waals surface area contributed by atoms with Gasteiger partial charge in [-0.2, -0.15) is 5.26 Å². The van der Waals surface area contributed by atoms with Crippen LogP contribution in [-0.4, -0.2) is 41.8 Å². The van der Waals surface area contributed by atoms with Crippen LogP contribution < -0.4 is 4.74 Å². The Morgan fingerprint density at radius 2 is 2.08 bits per heavy atom. The molecule has 1 aliphatic heterocycles. The molecule has 0 radical (unpaired) electrons. The summed E-state index contributed by atoms with van der Waals surface area (Å²) in [6, 6.07) is 4.26. The maximum atomic E-state index is 12.2. The largest absolute Gasteiger partial charge is 0.496 e. The van der Waals surface area contributed by atoms with Crippen molar-refractivity contribution >= 4 is 6.09 Å². The van der Waals surface area contributed by atoms with Gasteiger partial charge >= 0.3 is 6.09 Å². The second kappa shape index (κ2) is 7.08. The molecule has 1 aliphatic rings. The van der Waals surface area contributed by atoms with Gasteiger partial charge in [-0.1, -0.05) is 0 Å². The van der Waals surface area contributed by atoms with E-state index in [0.717, 1.165) is 11.3 Å². The van der Waals surface area contributed by atoms with Crippen LogP contribution in [-0.2, 0) is 11.2 Å². The lowest BCUT2D eigenvalue weighted by Crippen LogP contribution is -2.45. The molecule has 2 heterocycles. The number of carbonyl (C=O) groups is 1. The van der Waals surface area contributed by atoms with Crippen molar-refractivity contribution in [1.82, 2.24) is 9.88 Å². The molecule has 1 aromatic heterocycles. The Morgan fingerprint density at radius 1 is 1.42 bits per heavy atom. The Kier molecular flexibility index (Phi) is 5.33. The van der Waals surface area contributed by atoms with Gasteiger partial charge in [-0.25, -0.2) is 4.79 Å². The summed E-state index contributed by atoms with van der Waals surface area (Å²) in [5, 5.41) is 9.73. The zero-order valence-corrected chi connectivity index (χ0v) is 14.8. The number of piperidine rings is 1. The summed E-state index contributed by atoms with van der Waals surface area (Å²) in [5.74, 6) is 0.745. The maximum Gasteiger partial charge on any atom is 0.410 e. The number of likely N-dealkylation sites (tertiary alicyclic amines) is 1. The summed E-state index contributed by atoms with van der Waals surface area (Å²) in [5.41, 5.74) is -0.0917. The van der Waals surface area contributed by atoms with Crippen molar-refractivity contribution in [2.75, 3.05) is 20.2 Å². The van der Waals surface area contributed by atoms with E-state index in [9.17, 15) is 10.1 Å². The Labute approximate surface area is 143 Å². The Bertz CT molecular complexity index is 623. The first kappa shape index (κ1) is 18.1. The monoisotopic (exact) mass is 331 g/mol. The molecular weight excluding hydrogens is 306 g/mol. The highest BCUT2D eigenvalue weighted by atomic mass is 16.6. The minimum Gasteiger partial charge on any atom is -0.496 e. The van der Waals surface area contributed by atoms with Gasteiger partial charge in [0.1, 0.15) is 11.4 Å². The fourth-order valence-corrected chi connectivity index (χ4v) is 2.88. The lowest BCUT2D eigenvalue weighted by Gasteiger charge is -2.38. The lowest BCUT2D eigenvalue weighted by atomic mass is 9.75. The van der Waals surface area contributed by atoms with E-state index in [4.69, 9.17) is 9.47 Å². The smallest absolute Gasteiger partial charge is 0.410 e. The standard InChI is InChI=1S/C18H25N3O3/c1-17(2,3)24-16(22)21-9-6-18(13-19,7-10-21)11-14-12-20-8-5-15(14)23-4/h5,8,12H,6-7,9-11H2,1-4H3. The van der Waals surface area contributed by atoms with Gasteiger partial charge in [0, 0.05) is 31.0 Å². The first-order valence-corrected chi connectivity index (χ1v) is 8.15. The first-order chi connectivity index (χ1) is 11.3. The molecule has 2 rings (SSSR count). The average Bonchev–Trinajstić information content (AvgIpc) is 2.54. The zero-order valence-electron chi connectivity index (χ0n) is 14.8. The normalized spacial score (nSPS) is 17.0. The molecule has 0 spiro atoms. The second-order valence-electron chi connectivity index (χ2n) is 7.22. The molecule has 1 amide bonds. The summed E-state index contributed by atoms with van der Waals surface area (Å²) in [7, 11) is 1.61. The number of rotatable bonds is 3. The van der Waals surface area contributed by atoms with Crippen LogP contribution in [0.1, 0.15) is 39.2 Å². The maximum absolute atomic E-state index is 12.2. The van der Waals surface area contributed by atoms with Crippen molar-refractivity contribution in [2.24, 2.45) is 5.41 Å². The van der Waals surface area contributed by atoms with E-state index in [1.54, 1.807) is 30.5 Å². The van der Waals surface area contributed by atoms with Gasteiger partial charge < -0.3 is 14.4 Å². The third-order valence-corrected chi connectivity index (χ3v) is 4.22. The molecule has 1 saturated heterocycles. The minimum absolute atomic E-state index is 0.312. The molecule has 1 aromatic rings. The van der Waals surface area contributed by atoms with Gasteiger partial charge in [-0.3, -0.25) is 4.98 Å². The third-order valence-electron chi connectivity index (χ3n) is 4.22. The molecule has 0 atom stereocenters. The van der Waals surface area contributed by atoms with E-state index in [2.05, 4.69) is 11.1 Å². The SMILES string of the molecule is COc1ccncc1CC1(C#N)CCN(C(=O)OC(C)(C)C)CC1. The van der Waals surface area contributed by atoms with E-state index >= 15 is 0 Å². The molecule has 130 valence electrons. The summed E-state index contributed by atoms with van der Waals surface area (Å²) < 4.78 is 10.8. The molecule has 0 aromatic carbocycles. The number of pyridine rings is 1. The van der Waals surface area contributed by atoms with Gasteiger partial charge in [0.2, 0.25) is 0 Å². The topological polar surface area (TPSA) is 75.5 Å². The number of hydrogen-bond acceptors (Lipinski definition) is 5. The molecule has 0 bridgehead atoms. The fourth-order valence-electron chi connectivity index (χ4n) is 2.88. The van der Waals surface area contributed by atoms with Crippen LogP contribution >= 0.6 is 0 Å². The van der Waals surface area contributed by atoms with Crippen LogP contribution in [0.2, 0.25) is 0 Å². The molecule has 6 heteroatoms. The minimum atomic E-state index is -0.510. The van der Waals surface area contributed by atoms with Crippen LogP contribution in [0.25, 0.3) is 0 Å². The van der Waals surface area contributed by atoms with Gasteiger partial charge in [-0.15, -0.1) is 0 Å². The van der Waals surface area contributed by atoms with Gasteiger partial charge in [0.05, 0.1) is 18.6 Å². The average molecular weight is 331 g/mol. The molecule has 1 fully saturated rings. The Hall–Kier alpha value is -2.29. The van der Waals surface area contributed by atoms with Crippen molar-refractivity contribution in [3.63, 3.8) is 0 Å². The van der Waals surface area contributed by atoms with Crippen LogP contribution in [0.15, 0.2) is 18.5 Å². The number of nitrogens with zero attached hydrogens (tertiary/aromatic N) is 3. The first-order valence-electron chi connectivity index (χ1n) is 8.15. The highest BCUT2D eigenvalue weighted by Gasteiger charge is 2.38. The van der Waals surface area contributed by atoms with Crippen molar-refractivity contribution in [1.29, 1.82) is 5.26 Å². The summed E-state index contributed by atoms with van der Waals surface area (Å²) in [6.07, 6.45) is 4.91. The molecule has 24 heavy (non-hydrogen) atoms. The van der Waals surface area contributed by atoms with E-state index in [-0.39, 0.29) is 6.09 Å². The predicted octanol–water partition coefficient (Wildman–Crippen LogP) is 3.17. The van der Waals surface area contributed by atoms with Crippen molar-refractivity contribution in [2.45, 2.75) is 45.6 Å². The quantitative estimate of drug-likeness (QED) is 0.850. The van der Waals surface area contributed by atoms with Crippen molar-refractivity contribution in [3.8, 4) is 11.8 Å². The number of nitriles is 1. The molecule has 0 N–H and O–H groups in total. The lowest BCUT2D eigenvalue weighted by molar-refractivity contribution is 0.0148. The van der Waals surface area contributed by atoms with Crippen LogP contribution in [0.3, 0.4) is 0 Å². The van der Waals surface area contributed by atoms with E-state index in [1.165, 1.54) is 0 Å². The van der Waals surface area contributed by atoms with Gasteiger partial charge in [0.15, 0.2) is 0 Å². The number of hydrogen-bond donors (Lipinski definition) is 0. The number of aromatic nitrogens is 1. The highest BCUT2D eigenvalue weighted by Crippen LogP contribution is 2.36. The van der Waals surface area contributed by atoms with Crippen molar-refractivity contribution < 1.29 is 14.3 Å². The molecular formula is C18H25N3O3. The zero-order chi connectivity index (χ0) is 17.8. The van der Waals surface area contributed by atoms with Crippen molar-refractivity contribution in [3.05, 3.63) is 24.0 Å². The van der Waals surface area contributed by atoms with Gasteiger partial charge in [0.25, 0.3) is 0 Å². The van der Waals surface area contributed by atoms with Crippen LogP contribution in [0, 0.1) is 16.7 Å². The molecule has 0 aliphatic carbocycles.